The lowest BCUT2D eigenvalue weighted by Crippen LogP contribution is -2.35. The number of benzene rings is 1. The highest BCUT2D eigenvalue weighted by atomic mass is 19.1. The minimum Gasteiger partial charge on any atom is -0.379 e. The van der Waals surface area contributed by atoms with Crippen LogP contribution in [0.3, 0.4) is 0 Å². The molecule has 1 aromatic heterocycles. The number of ether oxygens (including phenoxy) is 1. The van der Waals surface area contributed by atoms with Crippen LogP contribution in [-0.2, 0) is 11.3 Å². The van der Waals surface area contributed by atoms with Gasteiger partial charge < -0.3 is 14.6 Å². The third kappa shape index (κ3) is 2.68. The van der Waals surface area contributed by atoms with Gasteiger partial charge in [0.15, 0.2) is 0 Å². The smallest absolute Gasteiger partial charge is 0.125 e. The maximum atomic E-state index is 13.5. The number of aryl methyl sites for hydroxylation is 1. The van der Waals surface area contributed by atoms with Crippen molar-refractivity contribution in [2.24, 2.45) is 0 Å². The summed E-state index contributed by atoms with van der Waals surface area (Å²) < 4.78 is 21.3. The van der Waals surface area contributed by atoms with Crippen molar-refractivity contribution in [2.45, 2.75) is 38.8 Å². The highest BCUT2D eigenvalue weighted by molar-refractivity contribution is 5.76. The summed E-state index contributed by atoms with van der Waals surface area (Å²) in [7, 11) is 0. The van der Waals surface area contributed by atoms with Crippen LogP contribution in [0, 0.1) is 5.82 Å². The van der Waals surface area contributed by atoms with Crippen LogP contribution < -0.4 is 5.32 Å². The zero-order valence-electron chi connectivity index (χ0n) is 12.6. The van der Waals surface area contributed by atoms with Gasteiger partial charge in [0, 0.05) is 12.6 Å². The number of hydrogen-bond acceptors (Lipinski definition) is 3. The van der Waals surface area contributed by atoms with E-state index in [-0.39, 0.29) is 17.8 Å². The molecule has 114 valence electrons. The number of fused-ring (bicyclic) bond motifs is 1. The molecule has 0 spiro atoms. The number of nitrogens with one attached hydrogen (secondary N) is 1. The Morgan fingerprint density at radius 2 is 2.24 bits per heavy atom. The van der Waals surface area contributed by atoms with Gasteiger partial charge in [-0.25, -0.2) is 9.37 Å². The number of imidazole rings is 1. The first-order valence-electron chi connectivity index (χ1n) is 7.71. The third-order valence-corrected chi connectivity index (χ3v) is 4.12. The standard InChI is InChI=1S/C16H22FN3O/c1-3-7-18-14-10-21-9-12(14)16-19-13-6-5-11(17)8-15(13)20(16)4-2/h5-6,8,12,14,18H,3-4,7,9-10H2,1-2H3. The lowest BCUT2D eigenvalue weighted by molar-refractivity contribution is 0.187. The van der Waals surface area contributed by atoms with E-state index in [1.165, 1.54) is 6.07 Å². The topological polar surface area (TPSA) is 39.1 Å². The van der Waals surface area contributed by atoms with Crippen molar-refractivity contribution >= 4 is 11.0 Å². The average Bonchev–Trinajstić information content (AvgIpc) is 3.07. The fourth-order valence-electron chi connectivity index (χ4n) is 3.07. The highest BCUT2D eigenvalue weighted by Crippen LogP contribution is 2.29. The number of hydrogen-bond donors (Lipinski definition) is 1. The van der Waals surface area contributed by atoms with Crippen LogP contribution in [-0.4, -0.2) is 35.4 Å². The Morgan fingerprint density at radius 3 is 3.00 bits per heavy atom. The Kier molecular flexibility index (Phi) is 4.22. The quantitative estimate of drug-likeness (QED) is 0.920. The first-order valence-corrected chi connectivity index (χ1v) is 7.71. The molecular formula is C16H22FN3O. The summed E-state index contributed by atoms with van der Waals surface area (Å²) >= 11 is 0. The molecule has 0 bridgehead atoms. The number of aromatic nitrogens is 2. The number of nitrogens with zero attached hydrogens (tertiary/aromatic N) is 2. The Hall–Kier alpha value is -1.46. The summed E-state index contributed by atoms with van der Waals surface area (Å²) in [6.45, 7) is 7.37. The average molecular weight is 291 g/mol. The van der Waals surface area contributed by atoms with Gasteiger partial charge in [-0.05, 0) is 38.1 Å². The fraction of sp³-hybridized carbons (Fsp3) is 0.562. The molecule has 3 rings (SSSR count). The maximum Gasteiger partial charge on any atom is 0.125 e. The van der Waals surface area contributed by atoms with Crippen molar-refractivity contribution in [3.8, 4) is 0 Å². The van der Waals surface area contributed by atoms with Crippen molar-refractivity contribution < 1.29 is 9.13 Å². The van der Waals surface area contributed by atoms with Gasteiger partial charge in [0.1, 0.15) is 11.6 Å². The molecule has 5 heteroatoms. The van der Waals surface area contributed by atoms with Crippen LogP contribution in [0.1, 0.15) is 32.0 Å². The summed E-state index contributed by atoms with van der Waals surface area (Å²) in [5.41, 5.74) is 1.73. The van der Waals surface area contributed by atoms with Gasteiger partial charge in [-0.1, -0.05) is 6.92 Å². The normalized spacial score (nSPS) is 22.2. The van der Waals surface area contributed by atoms with Crippen molar-refractivity contribution in [3.63, 3.8) is 0 Å². The number of rotatable bonds is 5. The van der Waals surface area contributed by atoms with Crippen LogP contribution >= 0.6 is 0 Å². The van der Waals surface area contributed by atoms with E-state index in [1.807, 2.05) is 0 Å². The summed E-state index contributed by atoms with van der Waals surface area (Å²) in [4.78, 5) is 4.74. The predicted octanol–water partition coefficient (Wildman–Crippen LogP) is 2.68. The first-order chi connectivity index (χ1) is 10.2. The second-order valence-electron chi connectivity index (χ2n) is 5.55. The molecule has 0 amide bonds. The van der Waals surface area contributed by atoms with Gasteiger partial charge in [0.2, 0.25) is 0 Å². The zero-order valence-corrected chi connectivity index (χ0v) is 12.6. The molecule has 1 aliphatic heterocycles. The van der Waals surface area contributed by atoms with Crippen LogP contribution in [0.5, 0.6) is 0 Å². The molecule has 4 nitrogen and oxygen atoms in total. The fourth-order valence-corrected chi connectivity index (χ4v) is 3.07. The molecule has 21 heavy (non-hydrogen) atoms. The Labute approximate surface area is 124 Å². The second kappa shape index (κ2) is 6.12. The van der Waals surface area contributed by atoms with E-state index in [1.54, 1.807) is 12.1 Å². The van der Waals surface area contributed by atoms with E-state index in [0.29, 0.717) is 13.2 Å². The van der Waals surface area contributed by atoms with Gasteiger partial charge in [-0.2, -0.15) is 0 Å². The summed E-state index contributed by atoms with van der Waals surface area (Å²) in [6, 6.07) is 5.08. The minimum absolute atomic E-state index is 0.216. The van der Waals surface area contributed by atoms with E-state index in [4.69, 9.17) is 9.72 Å². The summed E-state index contributed by atoms with van der Waals surface area (Å²) in [5, 5.41) is 3.53. The van der Waals surface area contributed by atoms with Crippen LogP contribution in [0.4, 0.5) is 4.39 Å². The molecule has 2 unspecified atom stereocenters. The van der Waals surface area contributed by atoms with Gasteiger partial charge in [-0.15, -0.1) is 0 Å². The molecule has 0 saturated carbocycles. The lowest BCUT2D eigenvalue weighted by Gasteiger charge is -2.19. The molecule has 1 aromatic carbocycles. The third-order valence-electron chi connectivity index (χ3n) is 4.12. The molecule has 0 aliphatic carbocycles. The maximum absolute atomic E-state index is 13.5. The molecule has 2 atom stereocenters. The van der Waals surface area contributed by atoms with Gasteiger partial charge >= 0.3 is 0 Å². The molecule has 0 radical (unpaired) electrons. The summed E-state index contributed by atoms with van der Waals surface area (Å²) in [5.74, 6) is 1.02. The molecule has 1 fully saturated rings. The number of halogens is 1. The van der Waals surface area contributed by atoms with Crippen LogP contribution in [0.15, 0.2) is 18.2 Å². The zero-order chi connectivity index (χ0) is 14.8. The van der Waals surface area contributed by atoms with Crippen molar-refractivity contribution in [1.29, 1.82) is 0 Å². The van der Waals surface area contributed by atoms with Crippen molar-refractivity contribution in [3.05, 3.63) is 29.8 Å². The van der Waals surface area contributed by atoms with E-state index >= 15 is 0 Å². The molecule has 2 heterocycles. The van der Waals surface area contributed by atoms with E-state index in [9.17, 15) is 4.39 Å². The molecule has 1 N–H and O–H groups in total. The van der Waals surface area contributed by atoms with Crippen molar-refractivity contribution in [1.82, 2.24) is 14.9 Å². The monoisotopic (exact) mass is 291 g/mol. The van der Waals surface area contributed by atoms with Gasteiger partial charge in [0.25, 0.3) is 0 Å². The van der Waals surface area contributed by atoms with Crippen LogP contribution in [0.2, 0.25) is 0 Å². The van der Waals surface area contributed by atoms with Crippen LogP contribution in [0.25, 0.3) is 11.0 Å². The highest BCUT2D eigenvalue weighted by Gasteiger charge is 2.33. The van der Waals surface area contributed by atoms with Gasteiger partial charge in [0.05, 0.1) is 30.2 Å². The Morgan fingerprint density at radius 1 is 1.38 bits per heavy atom. The molecular weight excluding hydrogens is 269 g/mol. The predicted molar refractivity (Wildman–Crippen MR) is 81.0 cm³/mol. The van der Waals surface area contributed by atoms with E-state index < -0.39 is 0 Å². The second-order valence-corrected chi connectivity index (χ2v) is 5.55. The lowest BCUT2D eigenvalue weighted by atomic mass is 10.0. The Bertz CT molecular complexity index is 625. The van der Waals surface area contributed by atoms with Crippen molar-refractivity contribution in [2.75, 3.05) is 19.8 Å². The SMILES string of the molecule is CCCNC1COCC1c1nc2ccc(F)cc2n1CC. The van der Waals surface area contributed by atoms with E-state index in [0.717, 1.165) is 36.4 Å². The molecule has 2 aromatic rings. The largest absolute Gasteiger partial charge is 0.379 e. The Balaban J connectivity index is 1.99. The first kappa shape index (κ1) is 14.5. The molecule has 1 aliphatic rings. The minimum atomic E-state index is -0.216. The summed E-state index contributed by atoms with van der Waals surface area (Å²) in [6.07, 6.45) is 1.10. The molecule has 1 saturated heterocycles. The van der Waals surface area contributed by atoms with Gasteiger partial charge in [-0.3, -0.25) is 0 Å². The van der Waals surface area contributed by atoms with E-state index in [2.05, 4.69) is 23.7 Å².